The number of hydrazone groups is 1. The first-order chi connectivity index (χ1) is 9.22. The first kappa shape index (κ1) is 16.9. The van der Waals surface area contributed by atoms with Gasteiger partial charge in [0.15, 0.2) is 0 Å². The Kier molecular flexibility index (Phi) is 6.98. The van der Waals surface area contributed by atoms with Gasteiger partial charge in [-0.2, -0.15) is 0 Å². The van der Waals surface area contributed by atoms with E-state index >= 15 is 0 Å². The third-order valence-corrected chi connectivity index (χ3v) is 3.13. The fourth-order valence-corrected chi connectivity index (χ4v) is 2.36. The van der Waals surface area contributed by atoms with Crippen molar-refractivity contribution in [1.29, 1.82) is 0 Å². The topological polar surface area (TPSA) is 21.9 Å². The highest BCUT2D eigenvalue weighted by molar-refractivity contribution is 5.82. The molecule has 1 aliphatic rings. The number of hydrogen-bond acceptors (Lipinski definition) is 1. The van der Waals surface area contributed by atoms with Crippen LogP contribution in [0.2, 0.25) is 0 Å². The molecule has 1 aliphatic heterocycles. The number of guanidine groups is 1. The lowest BCUT2D eigenvalue weighted by molar-refractivity contribution is -0.474. The molecule has 0 amide bonds. The lowest BCUT2D eigenvalue weighted by atomic mass is 10.2. The van der Waals surface area contributed by atoms with Crippen molar-refractivity contribution in [3.05, 3.63) is 35.9 Å². The molecule has 0 bridgehead atoms. The molecule has 1 aromatic carbocycles. The van der Waals surface area contributed by atoms with E-state index in [1.807, 2.05) is 24.4 Å². The molecule has 1 heterocycles. The molecule has 110 valence electrons. The highest BCUT2D eigenvalue weighted by Gasteiger charge is 2.34. The third kappa shape index (κ3) is 4.19. The zero-order chi connectivity index (χ0) is 13.7. The molecule has 0 unspecified atom stereocenters. The molecule has 4 nitrogen and oxygen atoms in total. The summed E-state index contributed by atoms with van der Waals surface area (Å²) in [6.07, 6.45) is 3.09. The van der Waals surface area contributed by atoms with Gasteiger partial charge in [0.05, 0.1) is 33.4 Å². The van der Waals surface area contributed by atoms with Crippen LogP contribution in [0.5, 0.6) is 0 Å². The van der Waals surface area contributed by atoms with Gasteiger partial charge in [0.2, 0.25) is 0 Å². The zero-order valence-corrected chi connectivity index (χ0v) is 14.6. The maximum atomic E-state index is 4.62. The summed E-state index contributed by atoms with van der Waals surface area (Å²) in [4.78, 5) is 2.39. The largest absolute Gasteiger partial charge is 1.00 e. The maximum absolute atomic E-state index is 4.62. The fraction of sp³-hybridized carbons (Fsp3) is 0.467. The van der Waals surface area contributed by atoms with E-state index in [1.165, 1.54) is 5.96 Å². The summed E-state index contributed by atoms with van der Waals surface area (Å²) >= 11 is 0. The normalized spacial score (nSPS) is 14.8. The summed E-state index contributed by atoms with van der Waals surface area (Å²) in [6.45, 7) is 5.30. The summed E-state index contributed by atoms with van der Waals surface area (Å²) < 4.78 is 2.14. The fourth-order valence-electron chi connectivity index (χ4n) is 2.36. The highest BCUT2D eigenvalue weighted by atomic mass is 127. The van der Waals surface area contributed by atoms with E-state index in [1.54, 1.807) is 0 Å². The minimum atomic E-state index is 0. The maximum Gasteiger partial charge on any atom is 0.374 e. The molecule has 0 atom stereocenters. The second-order valence-electron chi connectivity index (χ2n) is 4.96. The zero-order valence-electron chi connectivity index (χ0n) is 12.5. The van der Waals surface area contributed by atoms with E-state index in [4.69, 9.17) is 0 Å². The molecular formula is C15H23IN4. The van der Waals surface area contributed by atoms with Crippen molar-refractivity contribution in [1.82, 2.24) is 9.91 Å². The van der Waals surface area contributed by atoms with E-state index < -0.39 is 0 Å². The predicted molar refractivity (Wildman–Crippen MR) is 79.7 cm³/mol. The van der Waals surface area contributed by atoms with Gasteiger partial charge in [-0.05, 0) is 12.0 Å². The number of rotatable bonds is 4. The lowest BCUT2D eigenvalue weighted by Gasteiger charge is -2.14. The van der Waals surface area contributed by atoms with Crippen LogP contribution in [0.1, 0.15) is 18.9 Å². The molecule has 0 N–H and O–H groups in total. The molecule has 1 saturated heterocycles. The number of halogens is 1. The predicted octanol–water partition coefficient (Wildman–Crippen LogP) is -1.32. The van der Waals surface area contributed by atoms with Crippen LogP contribution in [0.15, 0.2) is 35.4 Å². The van der Waals surface area contributed by atoms with Crippen LogP contribution in [-0.2, 0) is 0 Å². The average molecular weight is 386 g/mol. The van der Waals surface area contributed by atoms with E-state index in [0.29, 0.717) is 0 Å². The first-order valence-electron chi connectivity index (χ1n) is 6.88. The standard InChI is InChI=1S/C15H23N4.HI/c1-4-10-18-11-12-19(15(18)17(2)3)16-13-14-8-6-5-7-9-14;/h5-9,13H,4,10-12H2,1-3H3;1H/q+1;/p-1. The van der Waals surface area contributed by atoms with Gasteiger partial charge in [-0.3, -0.25) is 9.48 Å². The smallest absolute Gasteiger partial charge is 0.374 e. The molecule has 0 aliphatic carbocycles. The summed E-state index contributed by atoms with van der Waals surface area (Å²) in [7, 11) is 4.16. The van der Waals surface area contributed by atoms with Crippen LogP contribution < -0.4 is 24.0 Å². The summed E-state index contributed by atoms with van der Waals surface area (Å²) in [5, 5.41) is 6.70. The van der Waals surface area contributed by atoms with Crippen LogP contribution >= 0.6 is 0 Å². The molecule has 1 aromatic rings. The minimum absolute atomic E-state index is 0. The third-order valence-electron chi connectivity index (χ3n) is 3.13. The van der Waals surface area contributed by atoms with Crippen LogP contribution in [0, 0.1) is 0 Å². The van der Waals surface area contributed by atoms with E-state index in [0.717, 1.165) is 31.6 Å². The molecule has 0 saturated carbocycles. The van der Waals surface area contributed by atoms with Crippen LogP contribution in [0.4, 0.5) is 0 Å². The van der Waals surface area contributed by atoms with Gasteiger partial charge in [0, 0.05) is 0 Å². The monoisotopic (exact) mass is 386 g/mol. The summed E-state index contributed by atoms with van der Waals surface area (Å²) in [6, 6.07) is 10.2. The van der Waals surface area contributed by atoms with Crippen LogP contribution in [0.25, 0.3) is 0 Å². The van der Waals surface area contributed by atoms with Crippen LogP contribution in [0.3, 0.4) is 0 Å². The summed E-state index contributed by atoms with van der Waals surface area (Å²) in [5.41, 5.74) is 1.13. The molecule has 5 heteroatoms. The summed E-state index contributed by atoms with van der Waals surface area (Å²) in [5.74, 6) is 1.19. The Bertz CT molecular complexity index is 466. The SMILES string of the molecule is CCCN1CCN(N=Cc2ccccc2)C1=[N+](C)C.[I-]. The van der Waals surface area contributed by atoms with Gasteiger partial charge in [-0.15, -0.1) is 10.1 Å². The molecule has 20 heavy (non-hydrogen) atoms. The second kappa shape index (κ2) is 8.24. The quantitative estimate of drug-likeness (QED) is 0.364. The average Bonchev–Trinajstić information content (AvgIpc) is 2.81. The van der Waals surface area contributed by atoms with E-state index in [9.17, 15) is 0 Å². The van der Waals surface area contributed by atoms with Crippen molar-refractivity contribution >= 4 is 12.2 Å². The van der Waals surface area contributed by atoms with Gasteiger partial charge in [0.25, 0.3) is 0 Å². The molecule has 1 fully saturated rings. The van der Waals surface area contributed by atoms with Gasteiger partial charge < -0.3 is 24.0 Å². The van der Waals surface area contributed by atoms with Crippen LogP contribution in [-0.4, -0.2) is 60.4 Å². The molecule has 2 rings (SSSR count). The Hall–Kier alpha value is -1.11. The van der Waals surface area contributed by atoms with Gasteiger partial charge >= 0.3 is 5.96 Å². The van der Waals surface area contributed by atoms with Crippen molar-refractivity contribution in [3.8, 4) is 0 Å². The van der Waals surface area contributed by atoms with Crippen molar-refractivity contribution in [2.24, 2.45) is 5.10 Å². The number of hydrogen-bond donors (Lipinski definition) is 0. The van der Waals surface area contributed by atoms with Crippen molar-refractivity contribution in [2.45, 2.75) is 13.3 Å². The molecule has 0 aromatic heterocycles. The van der Waals surface area contributed by atoms with Gasteiger partial charge in [-0.1, -0.05) is 37.3 Å². The Morgan fingerprint density at radius 3 is 2.50 bits per heavy atom. The second-order valence-corrected chi connectivity index (χ2v) is 4.96. The Morgan fingerprint density at radius 2 is 1.90 bits per heavy atom. The van der Waals surface area contributed by atoms with Gasteiger partial charge in [0.1, 0.15) is 6.54 Å². The minimum Gasteiger partial charge on any atom is -1.00 e. The van der Waals surface area contributed by atoms with Crippen molar-refractivity contribution in [2.75, 3.05) is 33.7 Å². The van der Waals surface area contributed by atoms with Crippen molar-refractivity contribution in [3.63, 3.8) is 0 Å². The highest BCUT2D eigenvalue weighted by Crippen LogP contribution is 2.09. The number of nitrogens with zero attached hydrogens (tertiary/aromatic N) is 4. The van der Waals surface area contributed by atoms with E-state index in [-0.39, 0.29) is 24.0 Å². The first-order valence-corrected chi connectivity index (χ1v) is 6.88. The number of benzene rings is 1. The van der Waals surface area contributed by atoms with Gasteiger partial charge in [-0.25, -0.2) is 0 Å². The Morgan fingerprint density at radius 1 is 1.20 bits per heavy atom. The Balaban J connectivity index is 0.00000200. The Labute approximate surface area is 138 Å². The van der Waals surface area contributed by atoms with E-state index in [2.05, 4.69) is 52.7 Å². The molecular weight excluding hydrogens is 363 g/mol. The lowest BCUT2D eigenvalue weighted by Crippen LogP contribution is -3.00. The molecule has 0 radical (unpaired) electrons. The molecule has 0 spiro atoms. The van der Waals surface area contributed by atoms with Crippen molar-refractivity contribution < 1.29 is 28.6 Å².